The van der Waals surface area contributed by atoms with Gasteiger partial charge in [0, 0.05) is 10.6 Å². The second-order valence-corrected chi connectivity index (χ2v) is 7.59. The standard InChI is InChI=1S/C19H21FN2O2S2/c1-2-24-18(23)16-14-9-4-3-5-10-15(14)26-17(16)22-19(25)21-13-8-6-7-12(20)11-13/h6-8,11H,2-5,9-10H2,1H3,(H2,21,22,25). The zero-order valence-electron chi connectivity index (χ0n) is 14.6. The molecule has 0 saturated carbocycles. The second-order valence-electron chi connectivity index (χ2n) is 6.08. The maximum absolute atomic E-state index is 13.3. The molecule has 1 heterocycles. The Kier molecular flexibility index (Phi) is 6.21. The summed E-state index contributed by atoms with van der Waals surface area (Å²) in [5, 5.41) is 7.08. The minimum atomic E-state index is -0.340. The van der Waals surface area contributed by atoms with Crippen LogP contribution < -0.4 is 10.6 Å². The van der Waals surface area contributed by atoms with E-state index >= 15 is 0 Å². The van der Waals surface area contributed by atoms with Crippen molar-refractivity contribution in [3.63, 3.8) is 0 Å². The molecule has 7 heteroatoms. The molecule has 0 aliphatic heterocycles. The minimum absolute atomic E-state index is 0.317. The van der Waals surface area contributed by atoms with Gasteiger partial charge in [-0.2, -0.15) is 0 Å². The van der Waals surface area contributed by atoms with Gasteiger partial charge in [0.2, 0.25) is 0 Å². The van der Waals surface area contributed by atoms with E-state index in [1.54, 1.807) is 30.4 Å². The van der Waals surface area contributed by atoms with Crippen molar-refractivity contribution in [2.45, 2.75) is 39.0 Å². The summed E-state index contributed by atoms with van der Waals surface area (Å²) in [6.07, 6.45) is 5.22. The van der Waals surface area contributed by atoms with Crippen molar-refractivity contribution in [2.24, 2.45) is 0 Å². The Morgan fingerprint density at radius 2 is 2.08 bits per heavy atom. The van der Waals surface area contributed by atoms with Crippen molar-refractivity contribution in [1.82, 2.24) is 0 Å². The Morgan fingerprint density at radius 3 is 2.85 bits per heavy atom. The fourth-order valence-electron chi connectivity index (χ4n) is 3.08. The normalized spacial score (nSPS) is 13.5. The van der Waals surface area contributed by atoms with Crippen molar-refractivity contribution in [2.75, 3.05) is 17.2 Å². The number of thiophene rings is 1. The molecule has 0 spiro atoms. The number of hydrogen-bond donors (Lipinski definition) is 2. The predicted octanol–water partition coefficient (Wildman–Crippen LogP) is 5.14. The van der Waals surface area contributed by atoms with Gasteiger partial charge in [0.05, 0.1) is 12.2 Å². The number of ether oxygens (including phenoxy) is 1. The van der Waals surface area contributed by atoms with Gasteiger partial charge in [0.1, 0.15) is 10.8 Å². The van der Waals surface area contributed by atoms with Crippen molar-refractivity contribution in [3.8, 4) is 0 Å². The predicted molar refractivity (Wildman–Crippen MR) is 108 cm³/mol. The number of thiocarbonyl (C=S) groups is 1. The van der Waals surface area contributed by atoms with Gasteiger partial charge < -0.3 is 15.4 Å². The molecule has 0 bridgehead atoms. The fraction of sp³-hybridized carbons (Fsp3) is 0.368. The molecule has 1 aromatic heterocycles. The van der Waals surface area contributed by atoms with E-state index in [9.17, 15) is 9.18 Å². The molecule has 1 aliphatic rings. The first-order chi connectivity index (χ1) is 12.6. The molecule has 26 heavy (non-hydrogen) atoms. The number of rotatable bonds is 4. The van der Waals surface area contributed by atoms with Gasteiger partial charge in [-0.1, -0.05) is 12.5 Å². The summed E-state index contributed by atoms with van der Waals surface area (Å²) < 4.78 is 18.6. The van der Waals surface area contributed by atoms with Crippen LogP contribution in [0.5, 0.6) is 0 Å². The van der Waals surface area contributed by atoms with E-state index in [0.29, 0.717) is 28.0 Å². The first-order valence-electron chi connectivity index (χ1n) is 8.73. The number of halogens is 1. The first kappa shape index (κ1) is 18.8. The molecule has 2 aromatic rings. The summed E-state index contributed by atoms with van der Waals surface area (Å²) in [5.41, 5.74) is 2.23. The van der Waals surface area contributed by atoms with Gasteiger partial charge in [-0.05, 0) is 68.6 Å². The zero-order chi connectivity index (χ0) is 18.5. The molecule has 0 radical (unpaired) electrons. The van der Waals surface area contributed by atoms with Crippen LogP contribution in [0, 0.1) is 5.82 Å². The lowest BCUT2D eigenvalue weighted by Gasteiger charge is -2.11. The lowest BCUT2D eigenvalue weighted by Crippen LogP contribution is -2.20. The summed E-state index contributed by atoms with van der Waals surface area (Å²) in [6.45, 7) is 2.13. The molecule has 2 N–H and O–H groups in total. The van der Waals surface area contributed by atoms with Gasteiger partial charge >= 0.3 is 5.97 Å². The van der Waals surface area contributed by atoms with E-state index < -0.39 is 0 Å². The number of benzene rings is 1. The van der Waals surface area contributed by atoms with E-state index in [2.05, 4.69) is 10.6 Å². The number of carbonyl (C=O) groups excluding carboxylic acids is 1. The Bertz CT molecular complexity index is 820. The summed E-state index contributed by atoms with van der Waals surface area (Å²) in [6, 6.07) is 6.07. The van der Waals surface area contributed by atoms with Crippen LogP contribution in [0.4, 0.5) is 15.1 Å². The van der Waals surface area contributed by atoms with E-state index in [0.717, 1.165) is 31.2 Å². The van der Waals surface area contributed by atoms with Gasteiger partial charge in [-0.25, -0.2) is 9.18 Å². The highest BCUT2D eigenvalue weighted by molar-refractivity contribution is 7.80. The van der Waals surface area contributed by atoms with E-state index in [4.69, 9.17) is 17.0 Å². The maximum Gasteiger partial charge on any atom is 0.341 e. The lowest BCUT2D eigenvalue weighted by molar-refractivity contribution is 0.0527. The Morgan fingerprint density at radius 1 is 1.27 bits per heavy atom. The second kappa shape index (κ2) is 8.60. The quantitative estimate of drug-likeness (QED) is 0.429. The number of fused-ring (bicyclic) bond motifs is 1. The highest BCUT2D eigenvalue weighted by Crippen LogP contribution is 2.38. The molecule has 0 amide bonds. The van der Waals surface area contributed by atoms with Gasteiger partial charge in [-0.3, -0.25) is 0 Å². The van der Waals surface area contributed by atoms with Gasteiger partial charge in [-0.15, -0.1) is 11.3 Å². The van der Waals surface area contributed by atoms with Crippen molar-refractivity contribution < 1.29 is 13.9 Å². The van der Waals surface area contributed by atoms with Crippen LogP contribution in [-0.4, -0.2) is 17.7 Å². The Hall–Kier alpha value is -1.99. The molecule has 0 saturated heterocycles. The third kappa shape index (κ3) is 4.40. The van der Waals surface area contributed by atoms with E-state index in [1.807, 2.05) is 0 Å². The molecule has 0 fully saturated rings. The molecule has 3 rings (SSSR count). The Labute approximate surface area is 161 Å². The lowest BCUT2D eigenvalue weighted by atomic mass is 10.1. The molecule has 0 unspecified atom stereocenters. The van der Waals surface area contributed by atoms with Crippen LogP contribution in [-0.2, 0) is 17.6 Å². The smallest absolute Gasteiger partial charge is 0.341 e. The van der Waals surface area contributed by atoms with Gasteiger partial charge in [0.25, 0.3) is 0 Å². The van der Waals surface area contributed by atoms with Crippen LogP contribution in [0.15, 0.2) is 24.3 Å². The average Bonchev–Trinajstić information content (AvgIpc) is 2.76. The largest absolute Gasteiger partial charge is 0.462 e. The third-order valence-electron chi connectivity index (χ3n) is 4.21. The monoisotopic (exact) mass is 392 g/mol. The van der Waals surface area contributed by atoms with E-state index in [1.165, 1.54) is 23.4 Å². The van der Waals surface area contributed by atoms with Gasteiger partial charge in [0.15, 0.2) is 5.11 Å². The molecule has 1 aliphatic carbocycles. The van der Waals surface area contributed by atoms with E-state index in [-0.39, 0.29) is 11.8 Å². The number of carbonyl (C=O) groups is 1. The summed E-state index contributed by atoms with van der Waals surface area (Å²) in [4.78, 5) is 13.8. The Balaban J connectivity index is 1.84. The number of aryl methyl sites for hydroxylation is 1. The van der Waals surface area contributed by atoms with Crippen LogP contribution in [0.1, 0.15) is 47.0 Å². The summed E-state index contributed by atoms with van der Waals surface area (Å²) in [5.74, 6) is -0.657. The number of esters is 1. The number of anilines is 2. The van der Waals surface area contributed by atoms with Crippen LogP contribution in [0.25, 0.3) is 0 Å². The molecule has 138 valence electrons. The third-order valence-corrected chi connectivity index (χ3v) is 5.62. The highest BCUT2D eigenvalue weighted by atomic mass is 32.1. The maximum atomic E-state index is 13.3. The van der Waals surface area contributed by atoms with Crippen LogP contribution in [0.2, 0.25) is 0 Å². The summed E-state index contributed by atoms with van der Waals surface area (Å²) >= 11 is 6.91. The topological polar surface area (TPSA) is 50.4 Å². The van der Waals surface area contributed by atoms with Crippen molar-refractivity contribution in [1.29, 1.82) is 0 Å². The average molecular weight is 393 g/mol. The van der Waals surface area contributed by atoms with Crippen LogP contribution in [0.3, 0.4) is 0 Å². The molecular weight excluding hydrogens is 371 g/mol. The first-order valence-corrected chi connectivity index (χ1v) is 9.96. The zero-order valence-corrected chi connectivity index (χ0v) is 16.2. The minimum Gasteiger partial charge on any atom is -0.462 e. The van der Waals surface area contributed by atoms with Crippen LogP contribution >= 0.6 is 23.6 Å². The molecule has 0 atom stereocenters. The SMILES string of the molecule is CCOC(=O)c1c(NC(=S)Nc2cccc(F)c2)sc2c1CCCCC2. The summed E-state index contributed by atoms with van der Waals surface area (Å²) in [7, 11) is 0. The number of nitrogens with one attached hydrogen (secondary N) is 2. The molecular formula is C19H21FN2O2S2. The van der Waals surface area contributed by atoms with Crippen molar-refractivity contribution >= 4 is 45.3 Å². The van der Waals surface area contributed by atoms with Crippen molar-refractivity contribution in [3.05, 3.63) is 46.1 Å². The molecule has 1 aromatic carbocycles. The fourth-order valence-corrected chi connectivity index (χ4v) is 4.65. The number of hydrogen-bond acceptors (Lipinski definition) is 4. The molecule has 4 nitrogen and oxygen atoms in total. The highest BCUT2D eigenvalue weighted by Gasteiger charge is 2.26.